The number of aromatic nitrogens is 5. The van der Waals surface area contributed by atoms with Crippen LogP contribution in [-0.2, 0) is 27.5 Å². The first-order chi connectivity index (χ1) is 26.9. The van der Waals surface area contributed by atoms with Crippen LogP contribution in [0, 0.1) is 0 Å². The monoisotopic (exact) mass is 779 g/mol. The Morgan fingerprint density at radius 2 is 1.69 bits per heavy atom. The van der Waals surface area contributed by atoms with E-state index in [-0.39, 0.29) is 49.6 Å². The number of carbonyl (C=O) groups excluding carboxylic acids is 3. The van der Waals surface area contributed by atoms with Crippen molar-refractivity contribution >= 4 is 49.6 Å². The highest BCUT2D eigenvalue weighted by atomic mass is 31.0. The van der Waals surface area contributed by atoms with Crippen LogP contribution in [0.5, 0.6) is 0 Å². The van der Waals surface area contributed by atoms with Crippen LogP contribution >= 0.6 is 9.24 Å². The van der Waals surface area contributed by atoms with Crippen LogP contribution in [0.1, 0.15) is 82.7 Å². The highest BCUT2D eigenvalue weighted by Crippen LogP contribution is 2.25. The molecule has 2 aromatic heterocycles. The third kappa shape index (κ3) is 14.6. The minimum atomic E-state index is -0.730. The Labute approximate surface area is 327 Å². The quantitative estimate of drug-likeness (QED) is 0.0546. The molecule has 1 saturated carbocycles. The van der Waals surface area contributed by atoms with Gasteiger partial charge in [-0.2, -0.15) is 4.98 Å². The maximum atomic E-state index is 12.9. The van der Waals surface area contributed by atoms with Gasteiger partial charge in [-0.3, -0.25) is 19.1 Å². The predicted molar refractivity (Wildman–Crippen MR) is 220 cm³/mol. The summed E-state index contributed by atoms with van der Waals surface area (Å²) in [7, 11) is 2.53. The molecular formula is C38H62N13O3P. The van der Waals surface area contributed by atoms with Gasteiger partial charge in [-0.25, -0.2) is 4.98 Å². The lowest BCUT2D eigenvalue weighted by molar-refractivity contribution is -0.132. The summed E-state index contributed by atoms with van der Waals surface area (Å²) in [6, 6.07) is 8.06. The lowest BCUT2D eigenvalue weighted by atomic mass is 9.95. The third-order valence-corrected chi connectivity index (χ3v) is 10.5. The molecule has 17 heteroatoms. The molecule has 3 heterocycles. The Balaban J connectivity index is 0.987. The fourth-order valence-electron chi connectivity index (χ4n) is 7.05. The first-order valence-electron chi connectivity index (χ1n) is 20.3. The number of carbonyl (C=O) groups is 3. The number of amides is 3. The van der Waals surface area contributed by atoms with Crippen molar-refractivity contribution in [1.29, 1.82) is 0 Å². The second-order valence-corrected chi connectivity index (χ2v) is 15.2. The van der Waals surface area contributed by atoms with E-state index >= 15 is 0 Å². The van der Waals surface area contributed by atoms with Crippen LogP contribution < -0.4 is 37.6 Å². The Morgan fingerprint density at radius 3 is 2.51 bits per heavy atom. The van der Waals surface area contributed by atoms with Crippen LogP contribution in [-0.4, -0.2) is 118 Å². The van der Waals surface area contributed by atoms with Gasteiger partial charge in [0.25, 0.3) is 0 Å². The van der Waals surface area contributed by atoms with E-state index in [4.69, 9.17) is 15.7 Å². The highest BCUT2D eigenvalue weighted by molar-refractivity contribution is 7.16. The molecular weight excluding hydrogens is 717 g/mol. The van der Waals surface area contributed by atoms with Gasteiger partial charge in [-0.05, 0) is 82.9 Å². The molecule has 1 saturated heterocycles. The van der Waals surface area contributed by atoms with Crippen molar-refractivity contribution in [3.63, 3.8) is 0 Å². The molecule has 1 aliphatic heterocycles. The van der Waals surface area contributed by atoms with Crippen molar-refractivity contribution in [2.45, 2.75) is 108 Å². The number of likely N-dealkylation sites (tertiary alicyclic amines) is 1. The third-order valence-electron chi connectivity index (χ3n) is 10.2. The van der Waals surface area contributed by atoms with Crippen molar-refractivity contribution in [3.8, 4) is 0 Å². The van der Waals surface area contributed by atoms with E-state index in [1.165, 1.54) is 32.1 Å². The molecule has 0 spiro atoms. The van der Waals surface area contributed by atoms with E-state index in [0.29, 0.717) is 32.1 Å². The van der Waals surface area contributed by atoms with Crippen molar-refractivity contribution in [1.82, 2.24) is 51.1 Å². The lowest BCUT2D eigenvalue weighted by Gasteiger charge is -2.33. The molecule has 3 amide bonds. The second-order valence-electron chi connectivity index (χ2n) is 14.6. The van der Waals surface area contributed by atoms with Gasteiger partial charge in [-0.1, -0.05) is 36.6 Å². The number of hydrogen-bond donors (Lipinski definition) is 7. The number of hydrogen-bond acceptors (Lipinski definition) is 12. The average Bonchev–Trinajstić information content (AvgIpc) is 3.67. The van der Waals surface area contributed by atoms with Crippen LogP contribution in [0.2, 0.25) is 0 Å². The van der Waals surface area contributed by atoms with Gasteiger partial charge in [0.1, 0.15) is 11.5 Å². The molecule has 0 radical (unpaired) electrons. The van der Waals surface area contributed by atoms with E-state index in [0.717, 1.165) is 86.5 Å². The molecule has 2 aliphatic rings. The number of aryl methyl sites for hydroxylation is 1. The summed E-state index contributed by atoms with van der Waals surface area (Å²) in [5.41, 5.74) is 7.52. The number of anilines is 2. The SMILES string of the molecule is N[C@@H](CCC(=O)NCCC(=O)N1CCC(Nc2nc(NCc3cn(CCCNCCCNC4CCCCC4)nn3)nc3ccccc23)CC1)C(=O)NCCP. The molecule has 55 heavy (non-hydrogen) atoms. The van der Waals surface area contributed by atoms with Crippen LogP contribution in [0.25, 0.3) is 10.9 Å². The number of nitrogens with two attached hydrogens (primary N) is 1. The maximum Gasteiger partial charge on any atom is 0.236 e. The van der Waals surface area contributed by atoms with E-state index < -0.39 is 6.04 Å². The average molecular weight is 780 g/mol. The van der Waals surface area contributed by atoms with E-state index in [1.807, 2.05) is 40.0 Å². The molecule has 16 nitrogen and oxygen atoms in total. The highest BCUT2D eigenvalue weighted by Gasteiger charge is 2.24. The molecule has 1 aliphatic carbocycles. The minimum Gasteiger partial charge on any atom is -0.367 e. The number of nitrogens with one attached hydrogen (secondary N) is 6. The van der Waals surface area contributed by atoms with E-state index in [9.17, 15) is 14.4 Å². The molecule has 0 bridgehead atoms. The number of benzene rings is 1. The van der Waals surface area contributed by atoms with Crippen molar-refractivity contribution in [2.75, 3.05) is 62.6 Å². The van der Waals surface area contributed by atoms with Gasteiger partial charge in [0.2, 0.25) is 23.7 Å². The van der Waals surface area contributed by atoms with Crippen LogP contribution in [0.15, 0.2) is 30.5 Å². The van der Waals surface area contributed by atoms with E-state index in [1.54, 1.807) is 0 Å². The summed E-state index contributed by atoms with van der Waals surface area (Å²) < 4.78 is 1.89. The number of nitrogens with zero attached hydrogens (tertiary/aromatic N) is 6. The minimum absolute atomic E-state index is 0.00726. The summed E-state index contributed by atoms with van der Waals surface area (Å²) in [6.45, 7) is 6.32. The molecule has 2 fully saturated rings. The van der Waals surface area contributed by atoms with Crippen LogP contribution in [0.3, 0.4) is 0 Å². The topological polar surface area (TPSA) is 209 Å². The second kappa shape index (κ2) is 23.2. The summed E-state index contributed by atoms with van der Waals surface area (Å²) in [5, 5.41) is 29.3. The van der Waals surface area contributed by atoms with E-state index in [2.05, 4.69) is 51.5 Å². The van der Waals surface area contributed by atoms with Gasteiger partial charge in [-0.15, -0.1) is 14.3 Å². The Hall–Kier alpha value is -3.98. The zero-order chi connectivity index (χ0) is 38.7. The fraction of sp³-hybridized carbons (Fsp3) is 0.658. The maximum absolute atomic E-state index is 12.9. The van der Waals surface area contributed by atoms with Crippen molar-refractivity contribution in [3.05, 3.63) is 36.2 Å². The molecule has 1 aromatic carbocycles. The lowest BCUT2D eigenvalue weighted by Crippen LogP contribution is -2.43. The summed E-state index contributed by atoms with van der Waals surface area (Å²) in [4.78, 5) is 48.5. The number of para-hydroxylation sites is 1. The smallest absolute Gasteiger partial charge is 0.236 e. The van der Waals surface area contributed by atoms with Gasteiger partial charge in [0.15, 0.2) is 0 Å². The van der Waals surface area contributed by atoms with Gasteiger partial charge in [0, 0.05) is 63.0 Å². The Morgan fingerprint density at radius 1 is 0.891 bits per heavy atom. The summed E-state index contributed by atoms with van der Waals surface area (Å²) in [6.07, 6.45) is 13.8. The predicted octanol–water partition coefficient (Wildman–Crippen LogP) is 2.13. The summed E-state index contributed by atoms with van der Waals surface area (Å²) >= 11 is 0. The molecule has 1 unspecified atom stereocenters. The van der Waals surface area contributed by atoms with Crippen molar-refractivity contribution in [2.24, 2.45) is 5.73 Å². The summed E-state index contributed by atoms with van der Waals surface area (Å²) in [5.74, 6) is 0.789. The van der Waals surface area contributed by atoms with Gasteiger partial charge < -0.3 is 42.5 Å². The first kappa shape index (κ1) is 42.2. The molecule has 302 valence electrons. The van der Waals surface area contributed by atoms with Gasteiger partial charge >= 0.3 is 0 Å². The fourth-order valence-corrected chi connectivity index (χ4v) is 7.19. The number of fused-ring (bicyclic) bond motifs is 1. The normalized spacial score (nSPS) is 15.9. The van der Waals surface area contributed by atoms with Gasteiger partial charge in [0.05, 0.1) is 24.3 Å². The first-order valence-corrected chi connectivity index (χ1v) is 21.1. The zero-order valence-corrected chi connectivity index (χ0v) is 33.4. The Bertz CT molecular complexity index is 1630. The Kier molecular flexibility index (Phi) is 17.8. The largest absolute Gasteiger partial charge is 0.367 e. The zero-order valence-electron chi connectivity index (χ0n) is 32.2. The van der Waals surface area contributed by atoms with Crippen molar-refractivity contribution < 1.29 is 14.4 Å². The van der Waals surface area contributed by atoms with Crippen LogP contribution in [0.4, 0.5) is 11.8 Å². The standard InChI is InChI=1S/C38H62N13O3P/c39-32(37(54)43-21-25-55)12-13-34(52)42-20-14-35(53)50-23-15-29(16-24-50)45-36-31-10-4-5-11-33(31)46-38(47-36)44-26-30-27-51(49-48-30)22-7-18-40-17-6-19-41-28-8-2-1-3-9-28/h4-5,10-11,27-29,32,40-41H,1-3,6-9,12-26,39,55H2,(H,42,52)(H,43,54)(H2,44,45,46,47)/t32-/m0/s1. The number of rotatable bonds is 23. The number of piperidine rings is 1. The molecule has 2 atom stereocenters. The molecule has 3 aromatic rings. The molecule has 8 N–H and O–H groups in total. The molecule has 5 rings (SSSR count).